The zero-order chi connectivity index (χ0) is 12.3. The van der Waals surface area contributed by atoms with E-state index in [9.17, 15) is 18.4 Å². The lowest BCUT2D eigenvalue weighted by atomic mass is 10.2. The molecule has 0 spiro atoms. The fraction of sp³-hybridized carbons (Fsp3) is 0.200. The maximum Gasteiger partial charge on any atom is 0.221 e. The van der Waals surface area contributed by atoms with E-state index in [0.29, 0.717) is 0 Å². The molecule has 0 aliphatic carbocycles. The third kappa shape index (κ3) is 3.01. The Labute approximate surface area is 90.6 Å². The Bertz CT molecular complexity index is 405. The normalized spacial score (nSPS) is 9.75. The molecule has 0 atom stereocenters. The summed E-state index contributed by atoms with van der Waals surface area (Å²) < 4.78 is 26.6. The van der Waals surface area contributed by atoms with Crippen molar-refractivity contribution in [2.24, 2.45) is 0 Å². The first-order valence-corrected chi connectivity index (χ1v) is 4.44. The summed E-state index contributed by atoms with van der Waals surface area (Å²) in [7, 11) is 0. The Balaban J connectivity index is 3.06. The van der Waals surface area contributed by atoms with Gasteiger partial charge in [-0.2, -0.15) is 0 Å². The van der Waals surface area contributed by atoms with E-state index in [2.05, 4.69) is 10.6 Å². The van der Waals surface area contributed by atoms with Crippen molar-refractivity contribution >= 4 is 23.2 Å². The molecule has 2 N–H and O–H groups in total. The van der Waals surface area contributed by atoms with Gasteiger partial charge in [0.15, 0.2) is 0 Å². The van der Waals surface area contributed by atoms with Crippen molar-refractivity contribution < 1.29 is 18.4 Å². The summed E-state index contributed by atoms with van der Waals surface area (Å²) >= 11 is 0. The number of anilines is 2. The highest BCUT2D eigenvalue weighted by Gasteiger charge is 2.11. The van der Waals surface area contributed by atoms with Gasteiger partial charge in [0, 0.05) is 26.0 Å². The average Bonchev–Trinajstić information content (AvgIpc) is 2.11. The van der Waals surface area contributed by atoms with Gasteiger partial charge in [-0.1, -0.05) is 0 Å². The van der Waals surface area contributed by atoms with Gasteiger partial charge in [-0.15, -0.1) is 0 Å². The summed E-state index contributed by atoms with van der Waals surface area (Å²) in [6.45, 7) is 2.36. The SMILES string of the molecule is CC(=O)Nc1cc(F)c(NC(C)=O)cc1F. The van der Waals surface area contributed by atoms with Crippen molar-refractivity contribution in [2.75, 3.05) is 10.6 Å². The fourth-order valence-electron chi connectivity index (χ4n) is 1.12. The predicted molar refractivity (Wildman–Crippen MR) is 55.0 cm³/mol. The predicted octanol–water partition coefficient (Wildman–Crippen LogP) is 1.88. The molecule has 2 amide bonds. The van der Waals surface area contributed by atoms with Crippen molar-refractivity contribution in [1.29, 1.82) is 0 Å². The molecular weight excluding hydrogens is 218 g/mol. The highest BCUT2D eigenvalue weighted by molar-refractivity contribution is 5.91. The zero-order valence-electron chi connectivity index (χ0n) is 8.73. The van der Waals surface area contributed by atoms with Crippen LogP contribution < -0.4 is 10.6 Å². The molecule has 1 aromatic carbocycles. The van der Waals surface area contributed by atoms with E-state index < -0.39 is 23.4 Å². The minimum absolute atomic E-state index is 0.265. The minimum Gasteiger partial charge on any atom is -0.324 e. The van der Waals surface area contributed by atoms with E-state index in [0.717, 1.165) is 12.1 Å². The van der Waals surface area contributed by atoms with Gasteiger partial charge in [0.1, 0.15) is 11.6 Å². The molecule has 0 aromatic heterocycles. The van der Waals surface area contributed by atoms with Crippen LogP contribution in [0.4, 0.5) is 20.2 Å². The number of hydrogen-bond donors (Lipinski definition) is 2. The molecule has 0 heterocycles. The molecule has 0 saturated heterocycles. The number of nitrogens with one attached hydrogen (secondary N) is 2. The Morgan fingerprint density at radius 2 is 1.25 bits per heavy atom. The second kappa shape index (κ2) is 4.69. The van der Waals surface area contributed by atoms with Crippen LogP contribution in [0.3, 0.4) is 0 Å². The topological polar surface area (TPSA) is 58.2 Å². The number of carbonyl (C=O) groups is 2. The highest BCUT2D eigenvalue weighted by Crippen LogP contribution is 2.23. The van der Waals surface area contributed by atoms with Crippen molar-refractivity contribution in [1.82, 2.24) is 0 Å². The second-order valence-electron chi connectivity index (χ2n) is 3.17. The quantitative estimate of drug-likeness (QED) is 0.811. The fourth-order valence-corrected chi connectivity index (χ4v) is 1.12. The molecule has 0 unspecified atom stereocenters. The lowest BCUT2D eigenvalue weighted by Gasteiger charge is -2.08. The van der Waals surface area contributed by atoms with E-state index in [4.69, 9.17) is 0 Å². The number of hydrogen-bond acceptors (Lipinski definition) is 2. The Hall–Kier alpha value is -1.98. The van der Waals surface area contributed by atoms with E-state index in [1.54, 1.807) is 0 Å². The Morgan fingerprint density at radius 3 is 1.50 bits per heavy atom. The Kier molecular flexibility index (Phi) is 3.55. The lowest BCUT2D eigenvalue weighted by molar-refractivity contribution is -0.115. The van der Waals surface area contributed by atoms with Crippen LogP contribution in [0.25, 0.3) is 0 Å². The molecule has 0 bridgehead atoms. The van der Waals surface area contributed by atoms with Crippen LogP contribution in [0.2, 0.25) is 0 Å². The van der Waals surface area contributed by atoms with Gasteiger partial charge >= 0.3 is 0 Å². The van der Waals surface area contributed by atoms with Crippen LogP contribution in [-0.2, 0) is 9.59 Å². The lowest BCUT2D eigenvalue weighted by Crippen LogP contribution is -2.11. The standard InChI is InChI=1S/C10H10F2N2O2/c1-5(15)13-9-3-8(12)10(4-7(9)11)14-6(2)16/h3-4H,1-2H3,(H,13,15)(H,14,16). The van der Waals surface area contributed by atoms with E-state index in [-0.39, 0.29) is 11.4 Å². The molecule has 0 fully saturated rings. The maximum absolute atomic E-state index is 13.3. The van der Waals surface area contributed by atoms with Crippen LogP contribution >= 0.6 is 0 Å². The molecule has 1 rings (SSSR count). The first kappa shape index (κ1) is 12.1. The van der Waals surface area contributed by atoms with Gasteiger partial charge in [-0.05, 0) is 0 Å². The number of carbonyl (C=O) groups excluding carboxylic acids is 2. The number of rotatable bonds is 2. The van der Waals surface area contributed by atoms with Crippen LogP contribution in [0.1, 0.15) is 13.8 Å². The van der Waals surface area contributed by atoms with Gasteiger partial charge in [-0.25, -0.2) is 8.78 Å². The molecule has 0 saturated carbocycles. The van der Waals surface area contributed by atoms with Crippen LogP contribution in [-0.4, -0.2) is 11.8 Å². The van der Waals surface area contributed by atoms with Crippen LogP contribution in [0.15, 0.2) is 12.1 Å². The summed E-state index contributed by atoms with van der Waals surface area (Å²) in [6, 6.07) is 1.62. The first-order valence-electron chi connectivity index (χ1n) is 4.44. The molecule has 1 aromatic rings. The van der Waals surface area contributed by atoms with E-state index in [1.807, 2.05) is 0 Å². The summed E-state index contributed by atoms with van der Waals surface area (Å²) in [5.41, 5.74) is -0.529. The van der Waals surface area contributed by atoms with Crippen molar-refractivity contribution in [3.63, 3.8) is 0 Å². The smallest absolute Gasteiger partial charge is 0.221 e. The molecule has 86 valence electrons. The molecule has 16 heavy (non-hydrogen) atoms. The molecular formula is C10H10F2N2O2. The molecule has 0 aliphatic rings. The van der Waals surface area contributed by atoms with Gasteiger partial charge in [0.2, 0.25) is 11.8 Å². The third-order valence-electron chi connectivity index (χ3n) is 1.68. The average molecular weight is 228 g/mol. The van der Waals surface area contributed by atoms with E-state index >= 15 is 0 Å². The largest absolute Gasteiger partial charge is 0.324 e. The zero-order valence-corrected chi connectivity index (χ0v) is 8.73. The van der Waals surface area contributed by atoms with Crippen LogP contribution in [0.5, 0.6) is 0 Å². The van der Waals surface area contributed by atoms with Crippen LogP contribution in [0, 0.1) is 11.6 Å². The summed E-state index contributed by atoms with van der Waals surface area (Å²) in [4.78, 5) is 21.3. The van der Waals surface area contributed by atoms with Gasteiger partial charge in [-0.3, -0.25) is 9.59 Å². The first-order chi connectivity index (χ1) is 7.40. The van der Waals surface area contributed by atoms with Crippen molar-refractivity contribution in [2.45, 2.75) is 13.8 Å². The summed E-state index contributed by atoms with van der Waals surface area (Å²) in [5, 5.41) is 4.26. The Morgan fingerprint density at radius 1 is 0.938 bits per heavy atom. The summed E-state index contributed by atoms with van der Waals surface area (Å²) in [5.74, 6) is -2.66. The minimum atomic E-state index is -0.819. The summed E-state index contributed by atoms with van der Waals surface area (Å²) in [6.07, 6.45) is 0. The highest BCUT2D eigenvalue weighted by atomic mass is 19.1. The third-order valence-corrected chi connectivity index (χ3v) is 1.68. The molecule has 6 heteroatoms. The van der Waals surface area contributed by atoms with E-state index in [1.165, 1.54) is 13.8 Å². The number of benzene rings is 1. The molecule has 0 radical (unpaired) electrons. The monoisotopic (exact) mass is 228 g/mol. The number of amides is 2. The molecule has 4 nitrogen and oxygen atoms in total. The van der Waals surface area contributed by atoms with Gasteiger partial charge < -0.3 is 10.6 Å². The second-order valence-corrected chi connectivity index (χ2v) is 3.17. The maximum atomic E-state index is 13.3. The van der Waals surface area contributed by atoms with Gasteiger partial charge in [0.05, 0.1) is 11.4 Å². The van der Waals surface area contributed by atoms with Crippen molar-refractivity contribution in [3.05, 3.63) is 23.8 Å². The molecule has 0 aliphatic heterocycles. The van der Waals surface area contributed by atoms with Gasteiger partial charge in [0.25, 0.3) is 0 Å². The van der Waals surface area contributed by atoms with Crippen molar-refractivity contribution in [3.8, 4) is 0 Å². The number of halogens is 2.